The smallest absolute Gasteiger partial charge is 0.296 e. The molecule has 4 heterocycles. The van der Waals surface area contributed by atoms with Gasteiger partial charge in [0.2, 0.25) is 17.8 Å². The van der Waals surface area contributed by atoms with Crippen LogP contribution in [0, 0.1) is 0 Å². The van der Waals surface area contributed by atoms with Crippen molar-refractivity contribution in [2.75, 3.05) is 53.7 Å². The lowest BCUT2D eigenvalue weighted by Gasteiger charge is -2.27. The van der Waals surface area contributed by atoms with E-state index in [1.165, 1.54) is 31.8 Å². The van der Waals surface area contributed by atoms with E-state index in [1.807, 2.05) is 12.1 Å². The van der Waals surface area contributed by atoms with Crippen LogP contribution in [0.4, 0.5) is 29.2 Å². The lowest BCUT2D eigenvalue weighted by molar-refractivity contribution is -0.112. The lowest BCUT2D eigenvalue weighted by Crippen LogP contribution is -2.32. The van der Waals surface area contributed by atoms with Gasteiger partial charge in [0.1, 0.15) is 5.75 Å². The molecule has 15 nitrogen and oxygen atoms in total. The van der Waals surface area contributed by atoms with Crippen molar-refractivity contribution >= 4 is 51.8 Å². The number of para-hydroxylation sites is 1. The van der Waals surface area contributed by atoms with E-state index in [2.05, 4.69) is 41.1 Å². The maximum atomic E-state index is 12.8. The summed E-state index contributed by atoms with van der Waals surface area (Å²) in [4.78, 5) is 46.9. The van der Waals surface area contributed by atoms with Crippen molar-refractivity contribution in [2.45, 2.75) is 32.1 Å². The molecule has 244 valence electrons. The molecule has 44 heavy (non-hydrogen) atoms. The van der Waals surface area contributed by atoms with Gasteiger partial charge in [0.15, 0.2) is 0 Å². The van der Waals surface area contributed by atoms with Crippen LogP contribution >= 0.6 is 0 Å². The van der Waals surface area contributed by atoms with Crippen LogP contribution in [0.2, 0.25) is 0 Å². The highest BCUT2D eigenvalue weighted by Crippen LogP contribution is 2.30. The molecule has 2 fully saturated rings. The first-order valence-electron chi connectivity index (χ1n) is 13.9. The summed E-state index contributed by atoms with van der Waals surface area (Å²) in [6.45, 7) is 3.65. The van der Waals surface area contributed by atoms with Crippen molar-refractivity contribution in [1.29, 1.82) is 0 Å². The molecular formula is C29H50N12O3. The van der Waals surface area contributed by atoms with E-state index in [4.69, 9.17) is 4.98 Å². The van der Waals surface area contributed by atoms with Gasteiger partial charge in [-0.2, -0.15) is 15.0 Å². The minimum Gasteiger partial charge on any atom is -0.506 e. The fraction of sp³-hybridized carbons (Fsp3) is 0.345. The van der Waals surface area contributed by atoms with Gasteiger partial charge < -0.3 is 54.7 Å². The quantitative estimate of drug-likeness (QED) is 0.0772. The van der Waals surface area contributed by atoms with Gasteiger partial charge in [-0.3, -0.25) is 9.59 Å². The maximum Gasteiger partial charge on any atom is 0.296 e. The van der Waals surface area contributed by atoms with Gasteiger partial charge in [-0.15, -0.1) is 0 Å². The molecule has 2 aliphatic rings. The number of phenolic OH excluding ortho intramolecular Hbond substituents is 1. The number of amides is 1. The first-order valence-corrected chi connectivity index (χ1v) is 13.9. The molecule has 0 aliphatic carbocycles. The molecule has 0 bridgehead atoms. The average molecular weight is 615 g/mol. The van der Waals surface area contributed by atoms with E-state index in [0.29, 0.717) is 28.9 Å². The summed E-state index contributed by atoms with van der Waals surface area (Å²) in [6, 6.07) is 11.9. The molecule has 6 rings (SSSR count). The number of nitrogens with zero attached hydrogens (tertiary/aromatic N) is 5. The summed E-state index contributed by atoms with van der Waals surface area (Å²) in [5.74, 6) is -0.0376. The van der Waals surface area contributed by atoms with Crippen molar-refractivity contribution in [1.82, 2.24) is 38.4 Å². The molecule has 2 saturated heterocycles. The fourth-order valence-corrected chi connectivity index (χ4v) is 5.11. The largest absolute Gasteiger partial charge is 0.506 e. The normalized spacial score (nSPS) is 13.9. The van der Waals surface area contributed by atoms with Crippen molar-refractivity contribution < 1.29 is 19.0 Å². The molecule has 4 aromatic rings. The Hall–Kier alpha value is -4.83. The van der Waals surface area contributed by atoms with Gasteiger partial charge in [-0.1, -0.05) is 18.2 Å². The van der Waals surface area contributed by atoms with Crippen LogP contribution in [0.25, 0.3) is 10.9 Å². The van der Waals surface area contributed by atoms with E-state index < -0.39 is 11.7 Å². The number of phenols is 1. The summed E-state index contributed by atoms with van der Waals surface area (Å²) in [7, 11) is 1.50. The molecule has 1 amide bonds. The Morgan fingerprint density at radius 2 is 1.45 bits per heavy atom. The number of ketones is 1. The Morgan fingerprint density at radius 1 is 0.864 bits per heavy atom. The number of benzene rings is 2. The summed E-state index contributed by atoms with van der Waals surface area (Å²) in [5.41, 5.74) is 6.20. The van der Waals surface area contributed by atoms with Crippen molar-refractivity contribution in [3.05, 3.63) is 54.2 Å². The first-order chi connectivity index (χ1) is 20.0. The van der Waals surface area contributed by atoms with E-state index >= 15 is 0 Å². The number of aromatic nitrogens is 4. The summed E-state index contributed by atoms with van der Waals surface area (Å²) < 4.78 is 0. The lowest BCUT2D eigenvalue weighted by atomic mass is 10.1. The number of hydrogen-bond donors (Lipinski definition) is 8. The van der Waals surface area contributed by atoms with Crippen LogP contribution in [-0.4, -0.2) is 70.0 Å². The Bertz CT molecular complexity index is 1550. The Kier molecular flexibility index (Phi) is 13.0. The zero-order chi connectivity index (χ0) is 28.8. The third-order valence-corrected chi connectivity index (χ3v) is 7.18. The Balaban J connectivity index is 0. The molecule has 0 atom stereocenters. The third kappa shape index (κ3) is 7.76. The summed E-state index contributed by atoms with van der Waals surface area (Å²) >= 11 is 0. The van der Waals surface area contributed by atoms with Crippen LogP contribution in [0.3, 0.4) is 0 Å². The first kappa shape index (κ1) is 35.4. The van der Waals surface area contributed by atoms with Gasteiger partial charge >= 0.3 is 0 Å². The summed E-state index contributed by atoms with van der Waals surface area (Å²) in [5, 5.41) is 17.0. The number of aromatic amines is 1. The zero-order valence-electron chi connectivity index (χ0n) is 25.2. The number of nitrogens with two attached hydrogens (primary N) is 1. The minimum atomic E-state index is -0.838. The highest BCUT2D eigenvalue weighted by molar-refractivity contribution is 6.48. The van der Waals surface area contributed by atoms with Gasteiger partial charge in [-0.05, 0) is 57.4 Å². The zero-order valence-corrected chi connectivity index (χ0v) is 25.2. The topological polar surface area (TPSA) is 270 Å². The number of carbonyl (C=O) groups excluding carboxylic acids is 2. The second kappa shape index (κ2) is 16.1. The number of Topliss-reactive ketones (excluding diaryl/α,β-unsaturated/α-hetero) is 1. The number of aromatic hydroxyl groups is 1. The molecule has 2 aliphatic heterocycles. The highest BCUT2D eigenvalue weighted by atomic mass is 16.3. The van der Waals surface area contributed by atoms with Crippen molar-refractivity contribution in [3.8, 4) is 5.75 Å². The predicted octanol–water partition coefficient (Wildman–Crippen LogP) is 5.01. The van der Waals surface area contributed by atoms with Gasteiger partial charge in [0.25, 0.3) is 11.7 Å². The third-order valence-electron chi connectivity index (χ3n) is 7.18. The molecule has 0 spiro atoms. The second-order valence-electron chi connectivity index (χ2n) is 9.89. The monoisotopic (exact) mass is 614 g/mol. The van der Waals surface area contributed by atoms with Crippen LogP contribution in [0.5, 0.6) is 5.75 Å². The van der Waals surface area contributed by atoms with E-state index in [9.17, 15) is 14.7 Å². The number of piperidine rings is 1. The number of fused-ring (bicyclic) bond motifs is 1. The van der Waals surface area contributed by atoms with Gasteiger partial charge in [0, 0.05) is 59.3 Å². The minimum absolute atomic E-state index is 0. The molecule has 15 N–H and O–H groups in total. The number of rotatable bonds is 7. The van der Waals surface area contributed by atoms with E-state index in [1.54, 1.807) is 18.2 Å². The standard InChI is InChI=1S/C28H30N8O3.CH5N.3H3N.3H2/c37-23-16-18(10-11-22(23)31-25(39)24(38)20-17-29-21-9-3-2-8-19(20)21)30-26-32-27(35-12-4-1-5-13-35)34-28(33-26)36-14-6-7-15-36;1-2;;;;;;/h2-3,8-11,16-17,29,37H,1,4-7,12-15H2,(H,31,39)(H,30,32,33,34);2H2,1H3;3*1H3;3*1H. The molecule has 0 radical (unpaired) electrons. The van der Waals surface area contributed by atoms with E-state index in [-0.39, 0.29) is 39.7 Å². The predicted molar refractivity (Wildman–Crippen MR) is 182 cm³/mol. The number of nitrogens with one attached hydrogen (secondary N) is 3. The Morgan fingerprint density at radius 3 is 2.07 bits per heavy atom. The van der Waals surface area contributed by atoms with Gasteiger partial charge in [0.05, 0.1) is 11.3 Å². The van der Waals surface area contributed by atoms with Crippen LogP contribution < -0.4 is 44.6 Å². The van der Waals surface area contributed by atoms with Crippen molar-refractivity contribution in [3.63, 3.8) is 0 Å². The average Bonchev–Trinajstić information content (AvgIpc) is 3.70. The summed E-state index contributed by atoms with van der Waals surface area (Å²) in [6.07, 6.45) is 7.16. The van der Waals surface area contributed by atoms with E-state index in [0.717, 1.165) is 57.4 Å². The molecular weight excluding hydrogens is 564 g/mol. The molecule has 0 unspecified atom stereocenters. The SMILES string of the molecule is CN.N.N.N.O=C(Nc1ccc(Nc2nc(N3CCCCC3)nc(N3CCCC3)n2)cc1O)C(=O)c1c[nH]c2ccccc12.[HH].[HH].[HH]. The molecule has 2 aromatic carbocycles. The molecule has 15 heteroatoms. The Labute approximate surface area is 260 Å². The van der Waals surface area contributed by atoms with Crippen LogP contribution in [0.15, 0.2) is 48.7 Å². The van der Waals surface area contributed by atoms with Crippen molar-refractivity contribution in [2.24, 2.45) is 5.73 Å². The van der Waals surface area contributed by atoms with Gasteiger partial charge in [-0.25, -0.2) is 0 Å². The van der Waals surface area contributed by atoms with Crippen LogP contribution in [-0.2, 0) is 4.79 Å². The molecule has 2 aromatic heterocycles. The van der Waals surface area contributed by atoms with Crippen LogP contribution in [0.1, 0.15) is 46.7 Å². The molecule has 0 saturated carbocycles. The highest BCUT2D eigenvalue weighted by Gasteiger charge is 2.23. The fourth-order valence-electron chi connectivity index (χ4n) is 5.11. The number of H-pyrrole nitrogens is 1. The second-order valence-corrected chi connectivity index (χ2v) is 9.89. The number of carbonyl (C=O) groups is 2. The number of anilines is 5. The maximum absolute atomic E-state index is 12.8. The number of hydrogen-bond acceptors (Lipinski definition) is 13.